The van der Waals surface area contributed by atoms with E-state index in [0.717, 1.165) is 89.1 Å². The van der Waals surface area contributed by atoms with E-state index in [9.17, 15) is 10.5 Å². The Morgan fingerprint density at radius 2 is 0.645 bits per heavy atom. The predicted octanol–water partition coefficient (Wildman–Crippen LogP) is 14.6. The van der Waals surface area contributed by atoms with Gasteiger partial charge in [-0.3, -0.25) is 0 Å². The number of rotatable bonds is 8. The minimum atomic E-state index is 0.627. The Morgan fingerprint density at radius 3 is 1.06 bits per heavy atom. The fourth-order valence-corrected chi connectivity index (χ4v) is 8.95. The lowest BCUT2D eigenvalue weighted by molar-refractivity contribution is 1.13. The number of anilines is 6. The van der Waals surface area contributed by atoms with E-state index in [4.69, 9.17) is 0 Å². The summed E-state index contributed by atoms with van der Waals surface area (Å²) in [6, 6.07) is 80.2. The van der Waals surface area contributed by atoms with Crippen LogP contribution >= 0.6 is 0 Å². The molecule has 2 heterocycles. The summed E-state index contributed by atoms with van der Waals surface area (Å²) in [7, 11) is 0. The Balaban J connectivity index is 1.05. The van der Waals surface area contributed by atoms with E-state index in [2.05, 4.69) is 189 Å². The molecule has 0 N–H and O–H groups in total. The first kappa shape index (κ1) is 36.3. The molecular weight excluding hydrogens is 757 g/mol. The third-order valence-electron chi connectivity index (χ3n) is 11.7. The van der Waals surface area contributed by atoms with Crippen molar-refractivity contribution in [3.8, 4) is 23.5 Å². The van der Waals surface area contributed by atoms with Gasteiger partial charge in [0.25, 0.3) is 0 Å². The zero-order valence-corrected chi connectivity index (χ0v) is 33.5. The molecule has 9 aromatic carbocycles. The van der Waals surface area contributed by atoms with Crippen LogP contribution < -0.4 is 9.80 Å². The highest BCUT2D eigenvalue weighted by atomic mass is 15.1. The first-order chi connectivity index (χ1) is 30.7. The third-order valence-corrected chi connectivity index (χ3v) is 11.7. The van der Waals surface area contributed by atoms with Crippen molar-refractivity contribution >= 4 is 77.7 Å². The lowest BCUT2D eigenvalue weighted by Crippen LogP contribution is -2.09. The molecule has 6 heteroatoms. The molecule has 11 aromatic rings. The van der Waals surface area contributed by atoms with Gasteiger partial charge in [0.1, 0.15) is 0 Å². The average Bonchev–Trinajstić information content (AvgIpc) is 3.85. The molecule has 0 fully saturated rings. The van der Waals surface area contributed by atoms with Crippen molar-refractivity contribution < 1.29 is 0 Å². The van der Waals surface area contributed by atoms with Gasteiger partial charge in [-0.05, 0) is 140 Å². The fraction of sp³-hybridized carbons (Fsp3) is 0. The van der Waals surface area contributed by atoms with Crippen LogP contribution in [0, 0.1) is 22.7 Å². The molecule has 62 heavy (non-hydrogen) atoms. The second-order valence-corrected chi connectivity index (χ2v) is 15.3. The molecule has 0 saturated carbocycles. The van der Waals surface area contributed by atoms with Crippen LogP contribution in [0.3, 0.4) is 0 Å². The van der Waals surface area contributed by atoms with Gasteiger partial charge in [-0.25, -0.2) is 0 Å². The van der Waals surface area contributed by atoms with Crippen LogP contribution in [0.1, 0.15) is 11.1 Å². The second kappa shape index (κ2) is 15.1. The van der Waals surface area contributed by atoms with Gasteiger partial charge in [0, 0.05) is 67.0 Å². The number of nitrogens with zero attached hydrogens (tertiary/aromatic N) is 6. The first-order valence-corrected chi connectivity index (χ1v) is 20.5. The van der Waals surface area contributed by atoms with Crippen LogP contribution in [0.15, 0.2) is 218 Å². The molecule has 0 unspecified atom stereocenters. The lowest BCUT2D eigenvalue weighted by Gasteiger charge is -2.25. The minimum Gasteiger partial charge on any atom is -0.310 e. The molecule has 0 radical (unpaired) electrons. The normalized spacial score (nSPS) is 11.2. The number of hydrogen-bond donors (Lipinski definition) is 0. The maximum Gasteiger partial charge on any atom is 0.0991 e. The number of para-hydroxylation sites is 4. The molecular formula is C56H36N6. The Hall–Kier alpha value is -8.84. The van der Waals surface area contributed by atoms with Crippen molar-refractivity contribution in [1.29, 1.82) is 10.5 Å². The number of hydrogen-bond acceptors (Lipinski definition) is 4. The monoisotopic (exact) mass is 792 g/mol. The first-order valence-electron chi connectivity index (χ1n) is 20.5. The topological polar surface area (TPSA) is 63.9 Å². The highest BCUT2D eigenvalue weighted by Crippen LogP contribution is 2.42. The molecule has 6 nitrogen and oxygen atoms in total. The van der Waals surface area contributed by atoms with Crippen molar-refractivity contribution in [3.63, 3.8) is 0 Å². The predicted molar refractivity (Wildman–Crippen MR) is 254 cm³/mol. The standard InChI is InChI=1S/C56H36N6/c57-37-39-22-26-43(27-23-39)59(41-12-3-1-4-13-41)47-30-32-55-51(35-47)49-18-7-9-20-53(49)61(55)45-16-11-17-46(34-45)62-54-21-10-8-19-50(54)52-36-48(31-33-56(52)62)60(42-14-5-2-6-15-42)44-28-24-40(38-58)25-29-44/h1-36H. The molecule has 2 aromatic heterocycles. The molecule has 0 saturated heterocycles. The van der Waals surface area contributed by atoms with E-state index in [1.54, 1.807) is 0 Å². The van der Waals surface area contributed by atoms with Gasteiger partial charge in [0.2, 0.25) is 0 Å². The Bertz CT molecular complexity index is 3300. The summed E-state index contributed by atoms with van der Waals surface area (Å²) < 4.78 is 4.74. The summed E-state index contributed by atoms with van der Waals surface area (Å²) in [5.74, 6) is 0. The third kappa shape index (κ3) is 6.11. The van der Waals surface area contributed by atoms with E-state index in [-0.39, 0.29) is 0 Å². The van der Waals surface area contributed by atoms with E-state index >= 15 is 0 Å². The summed E-state index contributed by atoms with van der Waals surface area (Å²) in [6.45, 7) is 0. The maximum absolute atomic E-state index is 9.52. The van der Waals surface area contributed by atoms with Crippen LogP contribution in [0.5, 0.6) is 0 Å². The van der Waals surface area contributed by atoms with E-state index < -0.39 is 0 Å². The molecule has 0 aliphatic carbocycles. The van der Waals surface area contributed by atoms with Crippen LogP contribution in [0.4, 0.5) is 34.1 Å². The van der Waals surface area contributed by atoms with Gasteiger partial charge in [0.15, 0.2) is 0 Å². The van der Waals surface area contributed by atoms with Crippen LogP contribution in [-0.4, -0.2) is 9.13 Å². The summed E-state index contributed by atoms with van der Waals surface area (Å²) >= 11 is 0. The molecule has 0 aliphatic heterocycles. The summed E-state index contributed by atoms with van der Waals surface area (Å²) in [4.78, 5) is 4.48. The number of aromatic nitrogens is 2. The van der Waals surface area contributed by atoms with Crippen LogP contribution in [0.25, 0.3) is 55.0 Å². The van der Waals surface area contributed by atoms with Crippen molar-refractivity contribution in [2.45, 2.75) is 0 Å². The van der Waals surface area contributed by atoms with Crippen LogP contribution in [-0.2, 0) is 0 Å². The minimum absolute atomic E-state index is 0.627. The summed E-state index contributed by atoms with van der Waals surface area (Å²) in [5, 5.41) is 23.7. The Labute approximate surface area is 358 Å². The van der Waals surface area contributed by atoms with E-state index in [0.29, 0.717) is 11.1 Å². The van der Waals surface area contributed by atoms with Crippen molar-refractivity contribution in [2.24, 2.45) is 0 Å². The maximum atomic E-state index is 9.52. The van der Waals surface area contributed by atoms with Gasteiger partial charge in [0.05, 0.1) is 45.3 Å². The van der Waals surface area contributed by atoms with Gasteiger partial charge < -0.3 is 18.9 Å². The fourth-order valence-electron chi connectivity index (χ4n) is 8.95. The SMILES string of the molecule is N#Cc1ccc(N(c2ccccc2)c2ccc3c(c2)c2ccccc2n3-c2cccc(-n3c4ccccc4c4cc(N(c5ccccc5)c5ccc(C#N)cc5)ccc43)c2)cc1. The lowest BCUT2D eigenvalue weighted by atomic mass is 10.1. The largest absolute Gasteiger partial charge is 0.310 e. The molecule has 0 bridgehead atoms. The average molecular weight is 793 g/mol. The molecule has 290 valence electrons. The van der Waals surface area contributed by atoms with E-state index in [1.165, 1.54) is 0 Å². The molecule has 11 rings (SSSR count). The summed E-state index contributed by atoms with van der Waals surface area (Å²) in [6.07, 6.45) is 0. The van der Waals surface area contributed by atoms with Gasteiger partial charge in [-0.2, -0.15) is 10.5 Å². The number of nitriles is 2. The highest BCUT2D eigenvalue weighted by Gasteiger charge is 2.20. The van der Waals surface area contributed by atoms with Gasteiger partial charge in [-0.1, -0.05) is 78.9 Å². The summed E-state index contributed by atoms with van der Waals surface area (Å²) in [5.41, 5.74) is 13.9. The quantitative estimate of drug-likeness (QED) is 0.154. The molecule has 0 aliphatic rings. The van der Waals surface area contributed by atoms with Gasteiger partial charge >= 0.3 is 0 Å². The Kier molecular flexibility index (Phi) is 8.82. The van der Waals surface area contributed by atoms with Crippen molar-refractivity contribution in [2.75, 3.05) is 9.80 Å². The van der Waals surface area contributed by atoms with Crippen molar-refractivity contribution in [3.05, 3.63) is 230 Å². The van der Waals surface area contributed by atoms with Crippen LogP contribution in [0.2, 0.25) is 0 Å². The molecule has 0 atom stereocenters. The van der Waals surface area contributed by atoms with E-state index in [1.807, 2.05) is 60.7 Å². The zero-order valence-electron chi connectivity index (χ0n) is 33.5. The second-order valence-electron chi connectivity index (χ2n) is 15.3. The number of fused-ring (bicyclic) bond motifs is 6. The zero-order chi connectivity index (χ0) is 41.6. The van der Waals surface area contributed by atoms with Gasteiger partial charge in [-0.15, -0.1) is 0 Å². The molecule has 0 spiro atoms. The smallest absolute Gasteiger partial charge is 0.0991 e. The number of benzene rings is 9. The Morgan fingerprint density at radius 1 is 0.290 bits per heavy atom. The van der Waals surface area contributed by atoms with Crippen molar-refractivity contribution in [1.82, 2.24) is 9.13 Å². The molecule has 0 amide bonds. The highest BCUT2D eigenvalue weighted by molar-refractivity contribution is 6.12.